The van der Waals surface area contributed by atoms with Gasteiger partial charge in [-0.15, -0.1) is 0 Å². The highest BCUT2D eigenvalue weighted by molar-refractivity contribution is 5.93. The minimum atomic E-state index is -0.387. The van der Waals surface area contributed by atoms with E-state index in [1.54, 1.807) is 25.1 Å². The minimum absolute atomic E-state index is 0.0570. The van der Waals surface area contributed by atoms with Gasteiger partial charge in [0.25, 0.3) is 5.91 Å². The summed E-state index contributed by atoms with van der Waals surface area (Å²) >= 11 is 0. The molecule has 1 unspecified atom stereocenters. The van der Waals surface area contributed by atoms with E-state index in [1.165, 1.54) is 0 Å². The number of nitrogens with zero attached hydrogens (tertiary/aromatic N) is 2. The number of pyridine rings is 1. The van der Waals surface area contributed by atoms with Crippen LogP contribution in [0.15, 0.2) is 18.3 Å². The number of rotatable bonds is 5. The maximum atomic E-state index is 12.0. The average molecular weight is 250 g/mol. The molecule has 0 saturated heterocycles. The SMILES string of the molecule is CC(O)CCN(C)C(=O)c1ccc(C(C)C)nc1. The van der Waals surface area contributed by atoms with Gasteiger partial charge in [-0.3, -0.25) is 9.78 Å². The first-order valence-electron chi connectivity index (χ1n) is 6.31. The normalized spacial score (nSPS) is 12.6. The highest BCUT2D eigenvalue weighted by Crippen LogP contribution is 2.12. The van der Waals surface area contributed by atoms with Crippen molar-refractivity contribution in [3.8, 4) is 0 Å². The molecule has 4 heteroatoms. The van der Waals surface area contributed by atoms with Crippen LogP contribution in [-0.2, 0) is 0 Å². The van der Waals surface area contributed by atoms with E-state index in [1.807, 2.05) is 12.1 Å². The Hall–Kier alpha value is -1.42. The van der Waals surface area contributed by atoms with Crippen molar-refractivity contribution >= 4 is 5.91 Å². The lowest BCUT2D eigenvalue weighted by Crippen LogP contribution is -2.29. The molecule has 1 amide bonds. The van der Waals surface area contributed by atoms with Crippen LogP contribution in [0.25, 0.3) is 0 Å². The van der Waals surface area contributed by atoms with E-state index < -0.39 is 0 Å². The molecule has 0 aromatic carbocycles. The molecule has 100 valence electrons. The van der Waals surface area contributed by atoms with E-state index in [4.69, 9.17) is 0 Å². The third-order valence-corrected chi connectivity index (χ3v) is 2.85. The molecule has 1 atom stereocenters. The van der Waals surface area contributed by atoms with Gasteiger partial charge in [-0.25, -0.2) is 0 Å². The molecule has 1 aromatic rings. The van der Waals surface area contributed by atoms with Crippen LogP contribution in [-0.4, -0.2) is 40.6 Å². The molecule has 0 spiro atoms. The summed E-state index contributed by atoms with van der Waals surface area (Å²) in [5.41, 5.74) is 1.57. The lowest BCUT2D eigenvalue weighted by Gasteiger charge is -2.18. The third-order valence-electron chi connectivity index (χ3n) is 2.85. The Morgan fingerprint density at radius 1 is 1.39 bits per heavy atom. The van der Waals surface area contributed by atoms with Crippen molar-refractivity contribution in [2.75, 3.05) is 13.6 Å². The maximum absolute atomic E-state index is 12.0. The number of aromatic nitrogens is 1. The highest BCUT2D eigenvalue weighted by atomic mass is 16.3. The van der Waals surface area contributed by atoms with Crippen LogP contribution in [0.1, 0.15) is 49.2 Å². The molecule has 1 rings (SSSR count). The van der Waals surface area contributed by atoms with E-state index in [0.29, 0.717) is 24.4 Å². The van der Waals surface area contributed by atoms with Crippen LogP contribution in [0.3, 0.4) is 0 Å². The predicted octanol–water partition coefficient (Wildman–Crippen LogP) is 2.05. The summed E-state index contributed by atoms with van der Waals surface area (Å²) in [6, 6.07) is 3.70. The Morgan fingerprint density at radius 3 is 2.50 bits per heavy atom. The molecule has 1 N–H and O–H groups in total. The molecule has 0 saturated carbocycles. The zero-order valence-electron chi connectivity index (χ0n) is 11.6. The van der Waals surface area contributed by atoms with Crippen molar-refractivity contribution in [2.24, 2.45) is 0 Å². The first-order valence-corrected chi connectivity index (χ1v) is 6.31. The van der Waals surface area contributed by atoms with Crippen LogP contribution in [0.5, 0.6) is 0 Å². The molecule has 0 radical (unpaired) electrons. The van der Waals surface area contributed by atoms with Gasteiger partial charge in [-0.2, -0.15) is 0 Å². The Balaban J connectivity index is 2.66. The summed E-state index contributed by atoms with van der Waals surface area (Å²) in [6.45, 7) is 6.40. The lowest BCUT2D eigenvalue weighted by molar-refractivity contribution is 0.0768. The van der Waals surface area contributed by atoms with Gasteiger partial charge in [-0.05, 0) is 31.4 Å². The molecule has 0 fully saturated rings. The van der Waals surface area contributed by atoms with E-state index in [0.717, 1.165) is 5.69 Å². The number of carbonyl (C=O) groups is 1. The number of hydrogen-bond acceptors (Lipinski definition) is 3. The van der Waals surface area contributed by atoms with Crippen molar-refractivity contribution < 1.29 is 9.90 Å². The van der Waals surface area contributed by atoms with Gasteiger partial charge < -0.3 is 10.0 Å². The second kappa shape index (κ2) is 6.50. The van der Waals surface area contributed by atoms with Crippen LogP contribution in [0, 0.1) is 0 Å². The molecule has 18 heavy (non-hydrogen) atoms. The fraction of sp³-hybridized carbons (Fsp3) is 0.571. The van der Waals surface area contributed by atoms with Gasteiger partial charge >= 0.3 is 0 Å². The van der Waals surface area contributed by atoms with E-state index in [-0.39, 0.29) is 12.0 Å². The highest BCUT2D eigenvalue weighted by Gasteiger charge is 2.13. The second-order valence-corrected chi connectivity index (χ2v) is 4.99. The summed E-state index contributed by atoms with van der Waals surface area (Å²) in [5.74, 6) is 0.306. The van der Waals surface area contributed by atoms with Gasteiger partial charge in [0.15, 0.2) is 0 Å². The monoisotopic (exact) mass is 250 g/mol. The van der Waals surface area contributed by atoms with Gasteiger partial charge in [0, 0.05) is 25.5 Å². The first-order chi connectivity index (χ1) is 8.41. The minimum Gasteiger partial charge on any atom is -0.393 e. The first kappa shape index (κ1) is 14.6. The van der Waals surface area contributed by atoms with Gasteiger partial charge in [-0.1, -0.05) is 13.8 Å². The average Bonchev–Trinajstić information content (AvgIpc) is 2.35. The molecular weight excluding hydrogens is 228 g/mol. The zero-order valence-corrected chi connectivity index (χ0v) is 11.6. The van der Waals surface area contributed by atoms with Crippen molar-refractivity contribution in [3.05, 3.63) is 29.6 Å². The fourth-order valence-corrected chi connectivity index (χ4v) is 1.58. The lowest BCUT2D eigenvalue weighted by atomic mass is 10.1. The molecule has 0 aliphatic carbocycles. The number of amides is 1. The summed E-state index contributed by atoms with van der Waals surface area (Å²) in [4.78, 5) is 17.9. The number of aliphatic hydroxyl groups excluding tert-OH is 1. The van der Waals surface area contributed by atoms with Crippen LogP contribution in [0.4, 0.5) is 0 Å². The standard InChI is InChI=1S/C14H22N2O2/c1-10(2)13-6-5-12(9-15-13)14(18)16(4)8-7-11(3)17/h5-6,9-11,17H,7-8H2,1-4H3. The number of aliphatic hydroxyl groups is 1. The molecule has 4 nitrogen and oxygen atoms in total. The number of carbonyl (C=O) groups excluding carboxylic acids is 1. The summed E-state index contributed by atoms with van der Waals surface area (Å²) < 4.78 is 0. The van der Waals surface area contributed by atoms with Gasteiger partial charge in [0.2, 0.25) is 0 Å². The van der Waals surface area contributed by atoms with Crippen LogP contribution in [0.2, 0.25) is 0 Å². The second-order valence-electron chi connectivity index (χ2n) is 4.99. The van der Waals surface area contributed by atoms with Crippen molar-refractivity contribution in [1.29, 1.82) is 0 Å². The van der Waals surface area contributed by atoms with Gasteiger partial charge in [0.1, 0.15) is 0 Å². The topological polar surface area (TPSA) is 53.4 Å². The summed E-state index contributed by atoms with van der Waals surface area (Å²) in [7, 11) is 1.74. The van der Waals surface area contributed by atoms with Crippen molar-refractivity contribution in [1.82, 2.24) is 9.88 Å². The molecular formula is C14H22N2O2. The van der Waals surface area contributed by atoms with E-state index in [2.05, 4.69) is 18.8 Å². The third kappa shape index (κ3) is 4.11. The Kier molecular flexibility index (Phi) is 5.28. The largest absolute Gasteiger partial charge is 0.393 e. The van der Waals surface area contributed by atoms with Crippen molar-refractivity contribution in [3.63, 3.8) is 0 Å². The Morgan fingerprint density at radius 2 is 2.06 bits per heavy atom. The molecule has 0 aliphatic heterocycles. The molecule has 1 heterocycles. The van der Waals surface area contributed by atoms with E-state index >= 15 is 0 Å². The van der Waals surface area contributed by atoms with Crippen molar-refractivity contribution in [2.45, 2.75) is 39.2 Å². The number of hydrogen-bond donors (Lipinski definition) is 1. The quantitative estimate of drug-likeness (QED) is 0.870. The fourth-order valence-electron chi connectivity index (χ4n) is 1.58. The summed E-state index contributed by atoms with van der Waals surface area (Å²) in [5, 5.41) is 9.20. The van der Waals surface area contributed by atoms with Crippen LogP contribution < -0.4 is 0 Å². The van der Waals surface area contributed by atoms with Gasteiger partial charge in [0.05, 0.1) is 11.7 Å². The summed E-state index contributed by atoms with van der Waals surface area (Å²) in [6.07, 6.45) is 1.82. The molecule has 0 bridgehead atoms. The molecule has 0 aliphatic rings. The Bertz CT molecular complexity index is 385. The predicted molar refractivity (Wildman–Crippen MR) is 71.6 cm³/mol. The maximum Gasteiger partial charge on any atom is 0.255 e. The van der Waals surface area contributed by atoms with E-state index in [9.17, 15) is 9.90 Å². The molecule has 1 aromatic heterocycles. The Labute approximate surface area is 109 Å². The smallest absolute Gasteiger partial charge is 0.255 e. The van der Waals surface area contributed by atoms with Crippen LogP contribution >= 0.6 is 0 Å². The zero-order chi connectivity index (χ0) is 13.7.